The van der Waals surface area contributed by atoms with Crippen molar-refractivity contribution in [2.45, 2.75) is 69.0 Å². The molecule has 0 spiro atoms. The Balaban J connectivity index is 1.64. The number of carbonyl (C=O) groups excluding carboxylic acids is 2. The lowest BCUT2D eigenvalue weighted by Gasteiger charge is -2.30. The Morgan fingerprint density at radius 3 is 2.31 bits per heavy atom. The topological polar surface area (TPSA) is 86.8 Å². The highest BCUT2D eigenvalue weighted by atomic mass is 35.5. The summed E-state index contributed by atoms with van der Waals surface area (Å²) in [5, 5.41) is 3.68. The zero-order valence-corrected chi connectivity index (χ0v) is 21.9. The fraction of sp³-hybridized carbons (Fsp3) is 0.462. The Bertz CT molecular complexity index is 1090. The zero-order chi connectivity index (χ0) is 25.4. The van der Waals surface area contributed by atoms with Gasteiger partial charge in [0.25, 0.3) is 0 Å². The van der Waals surface area contributed by atoms with Crippen molar-refractivity contribution in [1.82, 2.24) is 14.5 Å². The summed E-state index contributed by atoms with van der Waals surface area (Å²) in [4.78, 5) is 28.0. The Kier molecular flexibility index (Phi) is 9.71. The van der Waals surface area contributed by atoms with Crippen molar-refractivity contribution in [1.29, 1.82) is 0 Å². The Labute approximate surface area is 213 Å². The van der Waals surface area contributed by atoms with Gasteiger partial charge in [0.05, 0.1) is 4.90 Å². The monoisotopic (exact) mass is 519 g/mol. The fourth-order valence-corrected chi connectivity index (χ4v) is 5.61. The van der Waals surface area contributed by atoms with E-state index in [-0.39, 0.29) is 42.3 Å². The van der Waals surface area contributed by atoms with E-state index < -0.39 is 16.1 Å². The molecule has 1 saturated carbocycles. The van der Waals surface area contributed by atoms with Crippen LogP contribution in [0, 0.1) is 0 Å². The average molecular weight is 520 g/mol. The SMILES string of the molecule is CC(C(=O)NC1CCCC1)N(Cc1ccc(Cl)cc1)C(=O)CCCN(C)S(=O)(=O)c1ccccc1. The summed E-state index contributed by atoms with van der Waals surface area (Å²) in [7, 11) is -2.11. The van der Waals surface area contributed by atoms with Crippen LogP contribution in [0.25, 0.3) is 0 Å². The highest BCUT2D eigenvalue weighted by Crippen LogP contribution is 2.20. The van der Waals surface area contributed by atoms with E-state index in [2.05, 4.69) is 5.32 Å². The predicted molar refractivity (Wildman–Crippen MR) is 137 cm³/mol. The third-order valence-electron chi connectivity index (χ3n) is 6.45. The molecule has 0 heterocycles. The number of amides is 2. The zero-order valence-electron chi connectivity index (χ0n) is 20.3. The third kappa shape index (κ3) is 7.53. The minimum absolute atomic E-state index is 0.128. The molecule has 2 amide bonds. The van der Waals surface area contributed by atoms with Crippen molar-refractivity contribution in [2.75, 3.05) is 13.6 Å². The van der Waals surface area contributed by atoms with Gasteiger partial charge in [-0.3, -0.25) is 9.59 Å². The first kappa shape index (κ1) is 27.2. The summed E-state index contributed by atoms with van der Waals surface area (Å²) in [5.74, 6) is -0.359. The maximum absolute atomic E-state index is 13.3. The Morgan fingerprint density at radius 2 is 1.69 bits per heavy atom. The molecule has 3 rings (SSSR count). The van der Waals surface area contributed by atoms with Crippen LogP contribution in [0.3, 0.4) is 0 Å². The molecule has 2 aromatic carbocycles. The largest absolute Gasteiger partial charge is 0.352 e. The van der Waals surface area contributed by atoms with Crippen molar-refractivity contribution in [2.24, 2.45) is 0 Å². The van der Waals surface area contributed by atoms with Gasteiger partial charge >= 0.3 is 0 Å². The van der Waals surface area contributed by atoms with Crippen LogP contribution < -0.4 is 5.32 Å². The molecular weight excluding hydrogens is 486 g/mol. The molecular formula is C26H34ClN3O4S. The number of hydrogen-bond acceptors (Lipinski definition) is 4. The molecule has 1 atom stereocenters. The first-order chi connectivity index (χ1) is 16.7. The van der Waals surface area contributed by atoms with Crippen molar-refractivity contribution < 1.29 is 18.0 Å². The molecule has 9 heteroatoms. The second kappa shape index (κ2) is 12.5. The van der Waals surface area contributed by atoms with E-state index in [1.807, 2.05) is 12.1 Å². The molecule has 2 aromatic rings. The second-order valence-electron chi connectivity index (χ2n) is 9.06. The van der Waals surface area contributed by atoms with E-state index >= 15 is 0 Å². The Morgan fingerprint density at radius 1 is 1.06 bits per heavy atom. The molecule has 190 valence electrons. The summed E-state index contributed by atoms with van der Waals surface area (Å²) in [6.45, 7) is 2.21. The molecule has 0 aliphatic heterocycles. The summed E-state index contributed by atoms with van der Waals surface area (Å²) in [6, 6.07) is 14.9. The van der Waals surface area contributed by atoms with Gasteiger partial charge in [0.2, 0.25) is 21.8 Å². The van der Waals surface area contributed by atoms with Crippen LogP contribution >= 0.6 is 11.6 Å². The highest BCUT2D eigenvalue weighted by molar-refractivity contribution is 7.89. The van der Waals surface area contributed by atoms with Crippen LogP contribution in [-0.2, 0) is 26.2 Å². The molecule has 1 aliphatic rings. The smallest absolute Gasteiger partial charge is 0.242 e. The quantitative estimate of drug-likeness (QED) is 0.481. The van der Waals surface area contributed by atoms with Gasteiger partial charge in [-0.15, -0.1) is 0 Å². The molecule has 0 bridgehead atoms. The molecule has 1 aliphatic carbocycles. The van der Waals surface area contributed by atoms with E-state index in [0.717, 1.165) is 31.2 Å². The van der Waals surface area contributed by atoms with Crippen LogP contribution in [0.5, 0.6) is 0 Å². The van der Waals surface area contributed by atoms with Crippen LogP contribution in [-0.4, -0.2) is 55.1 Å². The van der Waals surface area contributed by atoms with Crippen LogP contribution in [0.2, 0.25) is 5.02 Å². The van der Waals surface area contributed by atoms with Gasteiger partial charge in [0.15, 0.2) is 0 Å². The van der Waals surface area contributed by atoms with E-state index in [1.54, 1.807) is 54.3 Å². The first-order valence-corrected chi connectivity index (χ1v) is 13.9. The standard InChI is InChI=1S/C26H34ClN3O4S/c1-20(26(32)28-23-9-6-7-10-23)30(19-21-14-16-22(27)17-15-21)25(31)13-8-18-29(2)35(33,34)24-11-4-3-5-12-24/h3-5,11-12,14-17,20,23H,6-10,13,18-19H2,1-2H3,(H,28,32). The van der Waals surface area contributed by atoms with Gasteiger partial charge in [-0.05, 0) is 56.0 Å². The lowest BCUT2D eigenvalue weighted by molar-refractivity contribution is -0.141. The van der Waals surface area contributed by atoms with Crippen LogP contribution in [0.1, 0.15) is 51.0 Å². The molecule has 7 nitrogen and oxygen atoms in total. The van der Waals surface area contributed by atoms with Gasteiger partial charge in [-0.2, -0.15) is 0 Å². The second-order valence-corrected chi connectivity index (χ2v) is 11.5. The minimum atomic E-state index is -3.62. The van der Waals surface area contributed by atoms with Crippen LogP contribution in [0.4, 0.5) is 0 Å². The molecule has 0 aromatic heterocycles. The van der Waals surface area contributed by atoms with E-state index in [1.165, 1.54) is 11.4 Å². The molecule has 0 saturated heterocycles. The maximum Gasteiger partial charge on any atom is 0.242 e. The van der Waals surface area contributed by atoms with E-state index in [0.29, 0.717) is 11.4 Å². The van der Waals surface area contributed by atoms with Gasteiger partial charge in [0.1, 0.15) is 6.04 Å². The molecule has 35 heavy (non-hydrogen) atoms. The number of nitrogens with zero attached hydrogens (tertiary/aromatic N) is 2. The van der Waals surface area contributed by atoms with Crippen molar-refractivity contribution in [3.05, 3.63) is 65.2 Å². The van der Waals surface area contributed by atoms with Crippen molar-refractivity contribution in [3.8, 4) is 0 Å². The van der Waals surface area contributed by atoms with Crippen molar-refractivity contribution in [3.63, 3.8) is 0 Å². The molecule has 1 fully saturated rings. The summed E-state index contributed by atoms with van der Waals surface area (Å²) in [6.07, 6.45) is 4.61. The van der Waals surface area contributed by atoms with E-state index in [9.17, 15) is 18.0 Å². The van der Waals surface area contributed by atoms with Gasteiger partial charge < -0.3 is 10.2 Å². The maximum atomic E-state index is 13.3. The van der Waals surface area contributed by atoms with E-state index in [4.69, 9.17) is 11.6 Å². The number of hydrogen-bond donors (Lipinski definition) is 1. The van der Waals surface area contributed by atoms with Crippen LogP contribution in [0.15, 0.2) is 59.5 Å². The van der Waals surface area contributed by atoms with Gasteiger partial charge in [-0.1, -0.05) is 54.8 Å². The highest BCUT2D eigenvalue weighted by Gasteiger charge is 2.28. The number of benzene rings is 2. The molecule has 0 radical (unpaired) electrons. The lowest BCUT2D eigenvalue weighted by Crippen LogP contribution is -2.49. The number of nitrogens with one attached hydrogen (secondary N) is 1. The molecule has 1 unspecified atom stereocenters. The fourth-order valence-electron chi connectivity index (χ4n) is 4.25. The summed E-state index contributed by atoms with van der Waals surface area (Å²) >= 11 is 6.00. The van der Waals surface area contributed by atoms with Gasteiger partial charge in [0, 0.05) is 37.6 Å². The third-order valence-corrected chi connectivity index (χ3v) is 8.57. The summed E-state index contributed by atoms with van der Waals surface area (Å²) in [5.41, 5.74) is 0.868. The summed E-state index contributed by atoms with van der Waals surface area (Å²) < 4.78 is 26.7. The molecule has 1 N–H and O–H groups in total. The number of sulfonamides is 1. The first-order valence-electron chi connectivity index (χ1n) is 12.0. The number of rotatable bonds is 11. The lowest BCUT2D eigenvalue weighted by atomic mass is 10.1. The number of carbonyl (C=O) groups is 2. The Hall–Kier alpha value is -2.42. The van der Waals surface area contributed by atoms with Gasteiger partial charge in [-0.25, -0.2) is 12.7 Å². The predicted octanol–water partition coefficient (Wildman–Crippen LogP) is 4.22. The normalized spacial score (nSPS) is 15.2. The van der Waals surface area contributed by atoms with Crippen molar-refractivity contribution >= 4 is 33.4 Å². The minimum Gasteiger partial charge on any atom is -0.352 e. The number of halogens is 1. The average Bonchev–Trinajstić information content (AvgIpc) is 3.36.